The summed E-state index contributed by atoms with van der Waals surface area (Å²) in [5.41, 5.74) is 1.56. The highest BCUT2D eigenvalue weighted by Gasteiger charge is 2.11. The van der Waals surface area contributed by atoms with Crippen molar-refractivity contribution in [1.29, 1.82) is 0 Å². The Morgan fingerprint density at radius 2 is 1.03 bits per heavy atom. The second kappa shape index (κ2) is 21.0. The minimum Gasteiger partial charge on any atom is -0.137 e. The Bertz CT molecular complexity index is 467. The molecule has 0 radical (unpaired) electrons. The van der Waals surface area contributed by atoms with Crippen LogP contribution in [0.25, 0.3) is 0 Å². The van der Waals surface area contributed by atoms with Crippen LogP contribution < -0.4 is 0 Å². The molecule has 1 heterocycles. The second-order valence-electron chi connectivity index (χ2n) is 9.56. The Morgan fingerprint density at radius 3 is 1.40 bits per heavy atom. The molecule has 0 aliphatic rings. The summed E-state index contributed by atoms with van der Waals surface area (Å²) in [5.74, 6) is 0.903. The van der Waals surface area contributed by atoms with Gasteiger partial charge in [-0.15, -0.1) is 11.3 Å². The average molecular weight is 500 g/mol. The minimum absolute atomic E-state index is 0.903. The highest BCUT2D eigenvalue weighted by atomic mass is 79.9. The lowest BCUT2D eigenvalue weighted by atomic mass is 9.89. The molecule has 0 aliphatic heterocycles. The van der Waals surface area contributed by atoms with Crippen molar-refractivity contribution >= 4 is 27.3 Å². The third-order valence-electron chi connectivity index (χ3n) is 6.58. The summed E-state index contributed by atoms with van der Waals surface area (Å²) in [6, 6.07) is 2.35. The van der Waals surface area contributed by atoms with Crippen molar-refractivity contribution in [3.8, 4) is 0 Å². The number of hydrogen-bond donors (Lipinski definition) is 0. The Hall–Kier alpha value is 0.180. The van der Waals surface area contributed by atoms with Crippen molar-refractivity contribution < 1.29 is 0 Å². The fourth-order valence-corrected chi connectivity index (χ4v) is 5.84. The summed E-state index contributed by atoms with van der Waals surface area (Å²) in [5, 5.41) is 2.36. The molecule has 0 nitrogen and oxygen atoms in total. The topological polar surface area (TPSA) is 0 Å². The van der Waals surface area contributed by atoms with Gasteiger partial charge < -0.3 is 0 Å². The fourth-order valence-electron chi connectivity index (χ4n) is 4.62. The van der Waals surface area contributed by atoms with E-state index in [1.807, 2.05) is 11.3 Å². The van der Waals surface area contributed by atoms with Gasteiger partial charge >= 0.3 is 0 Å². The maximum atomic E-state index is 3.65. The van der Waals surface area contributed by atoms with Gasteiger partial charge in [-0.05, 0) is 45.3 Å². The molecule has 2 heteroatoms. The number of halogens is 1. The van der Waals surface area contributed by atoms with E-state index in [9.17, 15) is 0 Å². The first-order valence-electron chi connectivity index (χ1n) is 13.5. The van der Waals surface area contributed by atoms with Crippen LogP contribution in [0.5, 0.6) is 0 Å². The zero-order valence-electron chi connectivity index (χ0n) is 20.4. The van der Waals surface area contributed by atoms with E-state index in [0.29, 0.717) is 0 Å². The van der Waals surface area contributed by atoms with Crippen molar-refractivity contribution in [1.82, 2.24) is 0 Å². The molecule has 0 amide bonds. The van der Waals surface area contributed by atoms with E-state index in [-0.39, 0.29) is 0 Å². The van der Waals surface area contributed by atoms with Gasteiger partial charge in [-0.3, -0.25) is 0 Å². The lowest BCUT2D eigenvalue weighted by Gasteiger charge is -2.16. The molecule has 1 rings (SSSR count). The maximum Gasteiger partial charge on any atom is 0.0701 e. The van der Waals surface area contributed by atoms with Crippen LogP contribution >= 0.6 is 27.3 Å². The van der Waals surface area contributed by atoms with Crippen molar-refractivity contribution in [3.63, 3.8) is 0 Å². The van der Waals surface area contributed by atoms with E-state index < -0.39 is 0 Å². The van der Waals surface area contributed by atoms with Crippen molar-refractivity contribution in [2.75, 3.05) is 0 Å². The normalized spacial score (nSPS) is 12.5. The SMILES string of the molecule is CCCCCCCCCCCCC(CCCCCCCCCC)Cc1csc(Br)c1. The van der Waals surface area contributed by atoms with E-state index in [1.165, 1.54) is 139 Å². The lowest BCUT2D eigenvalue weighted by molar-refractivity contribution is 0.400. The largest absolute Gasteiger partial charge is 0.137 e. The summed E-state index contributed by atoms with van der Waals surface area (Å²) in [6.45, 7) is 4.61. The van der Waals surface area contributed by atoms with Crippen molar-refractivity contribution in [2.24, 2.45) is 5.92 Å². The van der Waals surface area contributed by atoms with Crippen LogP contribution in [0, 0.1) is 5.92 Å². The van der Waals surface area contributed by atoms with Gasteiger partial charge in [-0.1, -0.05) is 142 Å². The smallest absolute Gasteiger partial charge is 0.0701 e. The Kier molecular flexibility index (Phi) is 19.8. The Morgan fingerprint density at radius 1 is 0.633 bits per heavy atom. The monoisotopic (exact) mass is 498 g/mol. The van der Waals surface area contributed by atoms with Crippen LogP contribution in [0.4, 0.5) is 0 Å². The van der Waals surface area contributed by atoms with Crippen LogP contribution in [0.15, 0.2) is 15.2 Å². The van der Waals surface area contributed by atoms with E-state index in [2.05, 4.69) is 41.2 Å². The van der Waals surface area contributed by atoms with E-state index in [1.54, 1.807) is 5.56 Å². The maximum absolute atomic E-state index is 3.65. The number of rotatable bonds is 22. The van der Waals surface area contributed by atoms with Gasteiger partial charge in [0.15, 0.2) is 0 Å². The third kappa shape index (κ3) is 16.8. The molecule has 1 aromatic rings. The molecule has 0 bridgehead atoms. The molecular weight excluding hydrogens is 448 g/mol. The molecule has 176 valence electrons. The molecule has 0 spiro atoms. The van der Waals surface area contributed by atoms with Gasteiger partial charge in [0.1, 0.15) is 0 Å². The van der Waals surface area contributed by atoms with Crippen LogP contribution in [-0.4, -0.2) is 0 Å². The summed E-state index contributed by atoms with van der Waals surface area (Å²) >= 11 is 5.50. The first-order valence-corrected chi connectivity index (χ1v) is 15.2. The van der Waals surface area contributed by atoms with Gasteiger partial charge in [-0.25, -0.2) is 0 Å². The number of hydrogen-bond acceptors (Lipinski definition) is 1. The minimum atomic E-state index is 0.903. The molecule has 0 saturated heterocycles. The zero-order valence-corrected chi connectivity index (χ0v) is 22.8. The summed E-state index contributed by atoms with van der Waals surface area (Å²) < 4.78 is 1.29. The molecule has 1 aromatic heterocycles. The third-order valence-corrected chi connectivity index (χ3v) is 8.13. The van der Waals surface area contributed by atoms with Gasteiger partial charge in [-0.2, -0.15) is 0 Å². The van der Waals surface area contributed by atoms with Gasteiger partial charge in [0.2, 0.25) is 0 Å². The van der Waals surface area contributed by atoms with Crippen molar-refractivity contribution in [3.05, 3.63) is 20.8 Å². The lowest BCUT2D eigenvalue weighted by Crippen LogP contribution is -2.05. The fraction of sp³-hybridized carbons (Fsp3) is 0.857. The van der Waals surface area contributed by atoms with Crippen LogP contribution in [-0.2, 0) is 6.42 Å². The van der Waals surface area contributed by atoms with Gasteiger partial charge in [0.05, 0.1) is 3.79 Å². The van der Waals surface area contributed by atoms with E-state index >= 15 is 0 Å². The van der Waals surface area contributed by atoms with Crippen LogP contribution in [0.1, 0.15) is 148 Å². The molecule has 0 saturated carbocycles. The predicted octanol–water partition coefficient (Wildman–Crippen LogP) is 11.5. The molecule has 1 unspecified atom stereocenters. The standard InChI is InChI=1S/C28H51BrS/c1-3-5-7-9-11-13-14-16-18-20-22-26(23-27-24-28(29)30-25-27)21-19-17-15-12-10-8-6-4-2/h24-26H,3-23H2,1-2H3. The quantitative estimate of drug-likeness (QED) is 0.139. The molecule has 30 heavy (non-hydrogen) atoms. The molecule has 0 N–H and O–H groups in total. The number of unbranched alkanes of at least 4 members (excludes halogenated alkanes) is 16. The first kappa shape index (κ1) is 28.2. The molecule has 0 fully saturated rings. The molecule has 0 aromatic carbocycles. The highest BCUT2D eigenvalue weighted by Crippen LogP contribution is 2.27. The molecular formula is C28H51BrS. The summed E-state index contributed by atoms with van der Waals surface area (Å²) in [4.78, 5) is 0. The van der Waals surface area contributed by atoms with Gasteiger partial charge in [0, 0.05) is 0 Å². The van der Waals surface area contributed by atoms with Crippen LogP contribution in [0.2, 0.25) is 0 Å². The molecule has 0 aliphatic carbocycles. The highest BCUT2D eigenvalue weighted by molar-refractivity contribution is 9.11. The van der Waals surface area contributed by atoms with Crippen LogP contribution in [0.3, 0.4) is 0 Å². The summed E-state index contributed by atoms with van der Waals surface area (Å²) in [7, 11) is 0. The van der Waals surface area contributed by atoms with Crippen molar-refractivity contribution in [2.45, 2.75) is 149 Å². The molecule has 1 atom stereocenters. The van der Waals surface area contributed by atoms with E-state index in [4.69, 9.17) is 0 Å². The Labute approximate surface area is 202 Å². The number of thiophene rings is 1. The first-order chi connectivity index (χ1) is 14.8. The van der Waals surface area contributed by atoms with Gasteiger partial charge in [0.25, 0.3) is 0 Å². The average Bonchev–Trinajstić information content (AvgIpc) is 3.15. The zero-order chi connectivity index (χ0) is 21.7. The summed E-state index contributed by atoms with van der Waals surface area (Å²) in [6.07, 6.45) is 30.2. The second-order valence-corrected chi connectivity index (χ2v) is 11.9. The predicted molar refractivity (Wildman–Crippen MR) is 143 cm³/mol. The Balaban J connectivity index is 2.13. The van der Waals surface area contributed by atoms with E-state index in [0.717, 1.165) is 5.92 Å².